The Morgan fingerprint density at radius 1 is 1.07 bits per heavy atom. The minimum Gasteiger partial charge on any atom is -0.465 e. The molecule has 27 heavy (non-hydrogen) atoms. The number of carboxylic acid groups (broad SMARTS) is 1. The molecule has 1 saturated carbocycles. The highest BCUT2D eigenvalue weighted by Crippen LogP contribution is 2.39. The first-order valence-electron chi connectivity index (χ1n) is 10.2. The molecule has 0 unspecified atom stereocenters. The molecule has 146 valence electrons. The van der Waals surface area contributed by atoms with Crippen molar-refractivity contribution in [3.8, 4) is 0 Å². The minimum absolute atomic E-state index is 0.0242. The van der Waals surface area contributed by atoms with Crippen molar-refractivity contribution in [2.75, 3.05) is 26.2 Å². The number of carbonyl (C=O) groups excluding carboxylic acids is 1. The molecule has 1 aromatic rings. The van der Waals surface area contributed by atoms with E-state index < -0.39 is 6.09 Å². The van der Waals surface area contributed by atoms with Crippen LogP contribution in [-0.4, -0.2) is 79.1 Å². The number of fused-ring (bicyclic) bond motifs is 1. The van der Waals surface area contributed by atoms with Gasteiger partial charge in [-0.05, 0) is 38.5 Å². The van der Waals surface area contributed by atoms with Crippen LogP contribution in [0.3, 0.4) is 0 Å². The van der Waals surface area contributed by atoms with Crippen LogP contribution in [0.4, 0.5) is 4.79 Å². The number of aromatic nitrogens is 2. The Morgan fingerprint density at radius 2 is 1.85 bits per heavy atom. The summed E-state index contributed by atoms with van der Waals surface area (Å²) < 4.78 is 2.14. The molecule has 3 aliphatic heterocycles. The monoisotopic (exact) mass is 373 g/mol. The van der Waals surface area contributed by atoms with Crippen molar-refractivity contribution >= 4 is 12.0 Å². The molecule has 0 bridgehead atoms. The van der Waals surface area contributed by atoms with Crippen molar-refractivity contribution in [3.63, 3.8) is 0 Å². The third-order valence-corrected chi connectivity index (χ3v) is 6.92. The predicted molar refractivity (Wildman–Crippen MR) is 97.5 cm³/mol. The van der Waals surface area contributed by atoms with Crippen LogP contribution < -0.4 is 0 Å². The van der Waals surface area contributed by atoms with Crippen LogP contribution in [0.5, 0.6) is 0 Å². The Hall–Kier alpha value is -2.09. The van der Waals surface area contributed by atoms with Crippen molar-refractivity contribution in [2.45, 2.75) is 63.2 Å². The van der Waals surface area contributed by atoms with Gasteiger partial charge < -0.3 is 19.5 Å². The summed E-state index contributed by atoms with van der Waals surface area (Å²) in [4.78, 5) is 35.2. The largest absolute Gasteiger partial charge is 0.465 e. The molecule has 8 heteroatoms. The van der Waals surface area contributed by atoms with Gasteiger partial charge in [-0.3, -0.25) is 9.69 Å². The quantitative estimate of drug-likeness (QED) is 0.852. The molecule has 0 atom stereocenters. The standard InChI is InChI=1S/C19H27N5O3/c25-17(15-12-23-11-10-22(14-2-3-14)13-16(23)20-15)24-7-1-4-19(24)5-8-21(9-6-19)18(26)27/h12,14H,1-11,13H2,(H,26,27). The van der Waals surface area contributed by atoms with Gasteiger partial charge >= 0.3 is 6.09 Å². The maximum atomic E-state index is 13.3. The smallest absolute Gasteiger partial charge is 0.407 e. The summed E-state index contributed by atoms with van der Waals surface area (Å²) in [5.74, 6) is 1.03. The maximum Gasteiger partial charge on any atom is 0.407 e. The van der Waals surface area contributed by atoms with E-state index in [1.807, 2.05) is 11.1 Å². The van der Waals surface area contributed by atoms with Crippen molar-refractivity contribution in [3.05, 3.63) is 17.7 Å². The molecule has 2 amide bonds. The molecule has 4 heterocycles. The van der Waals surface area contributed by atoms with E-state index in [1.165, 1.54) is 17.7 Å². The van der Waals surface area contributed by atoms with Crippen molar-refractivity contribution < 1.29 is 14.7 Å². The fourth-order valence-electron chi connectivity index (χ4n) is 5.15. The predicted octanol–water partition coefficient (Wildman–Crippen LogP) is 1.61. The molecule has 0 aromatic carbocycles. The first kappa shape index (κ1) is 17.0. The minimum atomic E-state index is -0.859. The second-order valence-electron chi connectivity index (χ2n) is 8.49. The van der Waals surface area contributed by atoms with Crippen LogP contribution in [0.1, 0.15) is 54.8 Å². The number of piperidine rings is 1. The van der Waals surface area contributed by atoms with E-state index in [1.54, 1.807) is 0 Å². The van der Waals surface area contributed by atoms with Gasteiger partial charge in [-0.1, -0.05) is 0 Å². The van der Waals surface area contributed by atoms with Crippen LogP contribution in [0.25, 0.3) is 0 Å². The van der Waals surface area contributed by atoms with Gasteiger partial charge in [-0.2, -0.15) is 0 Å². The summed E-state index contributed by atoms with van der Waals surface area (Å²) in [5, 5.41) is 9.21. The van der Waals surface area contributed by atoms with Crippen LogP contribution in [0.2, 0.25) is 0 Å². The van der Waals surface area contributed by atoms with E-state index in [9.17, 15) is 14.7 Å². The number of imidazole rings is 1. The molecular formula is C19H27N5O3. The Balaban J connectivity index is 1.33. The number of likely N-dealkylation sites (tertiary alicyclic amines) is 2. The molecular weight excluding hydrogens is 346 g/mol. The zero-order chi connectivity index (χ0) is 18.6. The van der Waals surface area contributed by atoms with E-state index in [0.29, 0.717) is 18.8 Å². The molecule has 8 nitrogen and oxygen atoms in total. The van der Waals surface area contributed by atoms with Gasteiger partial charge in [0.25, 0.3) is 5.91 Å². The molecule has 3 fully saturated rings. The van der Waals surface area contributed by atoms with Crippen LogP contribution in [0.15, 0.2) is 6.20 Å². The highest BCUT2D eigenvalue weighted by atomic mass is 16.4. The van der Waals surface area contributed by atoms with E-state index in [4.69, 9.17) is 4.98 Å². The lowest BCUT2D eigenvalue weighted by atomic mass is 9.85. The lowest BCUT2D eigenvalue weighted by Gasteiger charge is -2.44. The Labute approximate surface area is 158 Å². The Kier molecular flexibility index (Phi) is 3.93. The lowest BCUT2D eigenvalue weighted by molar-refractivity contribution is 0.0377. The van der Waals surface area contributed by atoms with Gasteiger partial charge in [0.1, 0.15) is 11.5 Å². The zero-order valence-electron chi connectivity index (χ0n) is 15.6. The molecule has 2 saturated heterocycles. The van der Waals surface area contributed by atoms with Crippen molar-refractivity contribution in [1.29, 1.82) is 0 Å². The van der Waals surface area contributed by atoms with E-state index in [0.717, 1.165) is 63.7 Å². The lowest BCUT2D eigenvalue weighted by Crippen LogP contribution is -2.54. The van der Waals surface area contributed by atoms with E-state index >= 15 is 0 Å². The van der Waals surface area contributed by atoms with E-state index in [2.05, 4.69) is 9.47 Å². The number of hydrogen-bond acceptors (Lipinski definition) is 4. The summed E-state index contributed by atoms with van der Waals surface area (Å²) >= 11 is 0. The number of carbonyl (C=O) groups is 2. The van der Waals surface area contributed by atoms with Crippen molar-refractivity contribution in [2.24, 2.45) is 0 Å². The van der Waals surface area contributed by atoms with Gasteiger partial charge in [0.2, 0.25) is 0 Å². The van der Waals surface area contributed by atoms with E-state index in [-0.39, 0.29) is 11.4 Å². The van der Waals surface area contributed by atoms with Gasteiger partial charge in [0, 0.05) is 50.5 Å². The normalized spacial score (nSPS) is 25.0. The molecule has 5 rings (SSSR count). The third-order valence-electron chi connectivity index (χ3n) is 6.92. The highest BCUT2D eigenvalue weighted by molar-refractivity contribution is 5.93. The Morgan fingerprint density at radius 3 is 2.56 bits per heavy atom. The molecule has 0 radical (unpaired) electrons. The first-order valence-corrected chi connectivity index (χ1v) is 10.2. The summed E-state index contributed by atoms with van der Waals surface area (Å²) in [6.45, 7) is 4.56. The van der Waals surface area contributed by atoms with Crippen LogP contribution in [0, 0.1) is 0 Å². The SMILES string of the molecule is O=C(O)N1CCC2(CCCN2C(=O)c2cn3c(n2)CN(C2CC2)CC3)CC1. The molecule has 1 N–H and O–H groups in total. The Bertz CT molecular complexity index is 763. The van der Waals surface area contributed by atoms with Gasteiger partial charge in [-0.15, -0.1) is 0 Å². The summed E-state index contributed by atoms with van der Waals surface area (Å²) in [6, 6.07) is 0.718. The number of hydrogen-bond donors (Lipinski definition) is 1. The molecule has 1 aliphatic carbocycles. The molecule has 4 aliphatic rings. The number of rotatable bonds is 2. The fraction of sp³-hybridized carbons (Fsp3) is 0.737. The van der Waals surface area contributed by atoms with Crippen LogP contribution in [-0.2, 0) is 13.1 Å². The summed E-state index contributed by atoms with van der Waals surface area (Å²) in [5.41, 5.74) is 0.373. The number of amides is 2. The van der Waals surface area contributed by atoms with Crippen LogP contribution >= 0.6 is 0 Å². The second kappa shape index (κ2) is 6.22. The topological polar surface area (TPSA) is 81.9 Å². The average molecular weight is 373 g/mol. The number of nitrogens with zero attached hydrogens (tertiary/aromatic N) is 5. The summed E-state index contributed by atoms with van der Waals surface area (Å²) in [6.07, 6.45) is 7.06. The fourth-order valence-corrected chi connectivity index (χ4v) is 5.15. The zero-order valence-corrected chi connectivity index (χ0v) is 15.6. The highest BCUT2D eigenvalue weighted by Gasteiger charge is 2.46. The summed E-state index contributed by atoms with van der Waals surface area (Å²) in [7, 11) is 0. The van der Waals surface area contributed by atoms with Gasteiger partial charge in [0.15, 0.2) is 0 Å². The van der Waals surface area contributed by atoms with Gasteiger partial charge in [0.05, 0.1) is 6.54 Å². The third kappa shape index (κ3) is 2.90. The van der Waals surface area contributed by atoms with Crippen molar-refractivity contribution in [1.82, 2.24) is 24.3 Å². The maximum absolute atomic E-state index is 13.3. The first-order chi connectivity index (χ1) is 13.1. The van der Waals surface area contributed by atoms with Gasteiger partial charge in [-0.25, -0.2) is 9.78 Å². The molecule has 1 spiro atoms. The molecule has 1 aromatic heterocycles. The average Bonchev–Trinajstić information content (AvgIpc) is 3.31. The second-order valence-corrected chi connectivity index (χ2v) is 8.49.